The first-order valence-electron chi connectivity index (χ1n) is 18.9. The zero-order chi connectivity index (χ0) is 37.4. The summed E-state index contributed by atoms with van der Waals surface area (Å²) < 4.78 is 17.2. The number of ether oxygens (including phenoxy) is 3. The standard InChI is InChI=1S/C42H58N2O6S2/c1-40(2,3)49-38(46)16-11-29-9-12-33(13-10-29)34-14-15-36(35(25-34)42-26-30-22-31(27-42)24-32(23-30)28-42)48-19-7-8-37(45)43-17-20-51-52-21-18-44-39(47)50-41(4,5)6/h9-16,25,30-32H,7-8,17-24,26-28H2,1-6H3,(H,43,45)(H,44,47). The molecule has 0 unspecified atom stereocenters. The summed E-state index contributed by atoms with van der Waals surface area (Å²) in [5.41, 5.74) is 3.75. The third-order valence-corrected chi connectivity index (χ3v) is 12.3. The van der Waals surface area contributed by atoms with Crippen molar-refractivity contribution in [2.75, 3.05) is 31.2 Å². The molecule has 52 heavy (non-hydrogen) atoms. The van der Waals surface area contributed by atoms with Crippen molar-refractivity contribution >= 4 is 45.6 Å². The van der Waals surface area contributed by atoms with Crippen molar-refractivity contribution in [2.24, 2.45) is 17.8 Å². The summed E-state index contributed by atoms with van der Waals surface area (Å²) in [5, 5.41) is 5.78. The number of esters is 1. The molecule has 4 aliphatic carbocycles. The van der Waals surface area contributed by atoms with Gasteiger partial charge < -0.3 is 24.8 Å². The van der Waals surface area contributed by atoms with Gasteiger partial charge in [-0.05, 0) is 145 Å². The lowest BCUT2D eigenvalue weighted by Crippen LogP contribution is -2.48. The van der Waals surface area contributed by atoms with Crippen molar-refractivity contribution in [3.8, 4) is 16.9 Å². The van der Waals surface area contributed by atoms with Gasteiger partial charge in [-0.3, -0.25) is 4.79 Å². The number of alkyl carbamates (subject to hydrolysis) is 1. The molecular formula is C42H58N2O6S2. The summed E-state index contributed by atoms with van der Waals surface area (Å²) in [4.78, 5) is 36.4. The predicted molar refractivity (Wildman–Crippen MR) is 213 cm³/mol. The maximum atomic E-state index is 12.6. The molecule has 0 aromatic heterocycles. The van der Waals surface area contributed by atoms with E-state index in [4.69, 9.17) is 14.2 Å². The fourth-order valence-electron chi connectivity index (χ4n) is 8.34. The molecule has 4 bridgehead atoms. The van der Waals surface area contributed by atoms with Gasteiger partial charge in [0, 0.05) is 42.7 Å². The number of nitrogens with one attached hydrogen (secondary N) is 2. The Morgan fingerprint density at radius 3 is 1.96 bits per heavy atom. The molecule has 284 valence electrons. The fraction of sp³-hybridized carbons (Fsp3) is 0.595. The van der Waals surface area contributed by atoms with Crippen LogP contribution in [0.4, 0.5) is 4.79 Å². The molecule has 2 amide bonds. The zero-order valence-electron chi connectivity index (χ0n) is 31.9. The predicted octanol–water partition coefficient (Wildman–Crippen LogP) is 9.36. The van der Waals surface area contributed by atoms with Crippen LogP contribution in [0.15, 0.2) is 48.5 Å². The second kappa shape index (κ2) is 17.8. The Labute approximate surface area is 318 Å². The monoisotopic (exact) mass is 750 g/mol. The average molecular weight is 751 g/mol. The van der Waals surface area contributed by atoms with E-state index in [1.54, 1.807) is 27.7 Å². The minimum Gasteiger partial charge on any atom is -0.493 e. The maximum Gasteiger partial charge on any atom is 0.407 e. The second-order valence-corrected chi connectivity index (χ2v) is 19.5. The quantitative estimate of drug-likeness (QED) is 0.0758. The third kappa shape index (κ3) is 12.2. The Bertz CT molecular complexity index is 1520. The zero-order valence-corrected chi connectivity index (χ0v) is 33.5. The van der Waals surface area contributed by atoms with Gasteiger partial charge in [0.2, 0.25) is 5.91 Å². The topological polar surface area (TPSA) is 103 Å². The number of amides is 2. The van der Waals surface area contributed by atoms with Crippen molar-refractivity contribution in [2.45, 2.75) is 110 Å². The number of hydrogen-bond donors (Lipinski definition) is 2. The average Bonchev–Trinajstić information content (AvgIpc) is 3.05. The molecule has 2 aromatic rings. The fourth-order valence-corrected chi connectivity index (χ4v) is 10.2. The van der Waals surface area contributed by atoms with Gasteiger partial charge in [0.15, 0.2) is 0 Å². The largest absolute Gasteiger partial charge is 0.493 e. The van der Waals surface area contributed by atoms with Gasteiger partial charge in [-0.25, -0.2) is 9.59 Å². The lowest BCUT2D eigenvalue weighted by Gasteiger charge is -2.57. The highest BCUT2D eigenvalue weighted by atomic mass is 33.1. The summed E-state index contributed by atoms with van der Waals surface area (Å²) in [6.45, 7) is 12.8. The molecule has 0 radical (unpaired) electrons. The molecule has 4 aliphatic rings. The van der Waals surface area contributed by atoms with E-state index in [0.29, 0.717) is 32.5 Å². The van der Waals surface area contributed by atoms with Crippen LogP contribution >= 0.6 is 21.6 Å². The van der Waals surface area contributed by atoms with E-state index >= 15 is 0 Å². The van der Waals surface area contributed by atoms with Crippen LogP contribution in [0.25, 0.3) is 17.2 Å². The lowest BCUT2D eigenvalue weighted by atomic mass is 9.48. The Hall–Kier alpha value is -3.11. The van der Waals surface area contributed by atoms with E-state index in [2.05, 4.69) is 41.0 Å². The van der Waals surface area contributed by atoms with E-state index in [1.807, 2.05) is 53.7 Å². The van der Waals surface area contributed by atoms with Gasteiger partial charge in [0.1, 0.15) is 17.0 Å². The number of carbonyl (C=O) groups excluding carboxylic acids is 3. The molecule has 0 atom stereocenters. The Balaban J connectivity index is 1.12. The number of rotatable bonds is 16. The van der Waals surface area contributed by atoms with Crippen LogP contribution in [-0.4, -0.2) is 60.4 Å². The molecule has 6 rings (SSSR count). The van der Waals surface area contributed by atoms with Gasteiger partial charge in [-0.15, -0.1) is 0 Å². The van der Waals surface area contributed by atoms with Crippen LogP contribution in [0.3, 0.4) is 0 Å². The SMILES string of the molecule is CC(C)(C)OC(=O)C=Cc1ccc(-c2ccc(OCCCC(=O)NCCSSCCNC(=O)OC(C)(C)C)c(C34CC5CC(CC(C5)C3)C4)c2)cc1. The molecule has 2 aromatic carbocycles. The molecule has 0 heterocycles. The highest BCUT2D eigenvalue weighted by Crippen LogP contribution is 2.62. The smallest absolute Gasteiger partial charge is 0.407 e. The molecule has 8 nitrogen and oxygen atoms in total. The van der Waals surface area contributed by atoms with Crippen LogP contribution in [-0.2, 0) is 24.5 Å². The van der Waals surface area contributed by atoms with E-state index in [-0.39, 0.29) is 17.3 Å². The van der Waals surface area contributed by atoms with Crippen molar-refractivity contribution in [3.05, 3.63) is 59.7 Å². The van der Waals surface area contributed by atoms with Gasteiger partial charge >= 0.3 is 12.1 Å². The van der Waals surface area contributed by atoms with Gasteiger partial charge in [-0.2, -0.15) is 0 Å². The van der Waals surface area contributed by atoms with Crippen molar-refractivity contribution < 1.29 is 28.6 Å². The summed E-state index contributed by atoms with van der Waals surface area (Å²) in [5.74, 6) is 4.67. The van der Waals surface area contributed by atoms with Crippen LogP contribution in [0, 0.1) is 17.8 Å². The van der Waals surface area contributed by atoms with Crippen LogP contribution in [0.2, 0.25) is 0 Å². The molecule has 10 heteroatoms. The third-order valence-electron chi connectivity index (χ3n) is 9.90. The Morgan fingerprint density at radius 1 is 0.788 bits per heavy atom. The minimum absolute atomic E-state index is 0.0434. The first-order chi connectivity index (χ1) is 24.7. The van der Waals surface area contributed by atoms with Gasteiger partial charge in [0.25, 0.3) is 0 Å². The van der Waals surface area contributed by atoms with Gasteiger partial charge in [-0.1, -0.05) is 51.9 Å². The molecule has 0 saturated heterocycles. The van der Waals surface area contributed by atoms with Crippen molar-refractivity contribution in [3.63, 3.8) is 0 Å². The first-order valence-corrected chi connectivity index (χ1v) is 21.4. The molecule has 4 saturated carbocycles. The van der Waals surface area contributed by atoms with Gasteiger partial charge in [0.05, 0.1) is 6.61 Å². The molecule has 0 aliphatic heterocycles. The summed E-state index contributed by atoms with van der Waals surface area (Å²) in [6.07, 6.45) is 11.8. The van der Waals surface area contributed by atoms with E-state index in [9.17, 15) is 14.4 Å². The summed E-state index contributed by atoms with van der Waals surface area (Å²) in [6, 6.07) is 15.0. The van der Waals surface area contributed by atoms with E-state index in [1.165, 1.54) is 55.7 Å². The number of carbonyl (C=O) groups is 3. The number of benzene rings is 2. The molecular weight excluding hydrogens is 693 g/mol. The Kier molecular flexibility index (Phi) is 13.7. The van der Waals surface area contributed by atoms with Crippen molar-refractivity contribution in [1.82, 2.24) is 10.6 Å². The molecule has 0 spiro atoms. The normalized spacial score (nSPS) is 22.3. The highest BCUT2D eigenvalue weighted by Gasteiger charge is 2.52. The minimum atomic E-state index is -0.518. The van der Waals surface area contributed by atoms with Crippen LogP contribution in [0.5, 0.6) is 5.75 Å². The summed E-state index contributed by atoms with van der Waals surface area (Å²) >= 11 is 0. The van der Waals surface area contributed by atoms with E-state index in [0.717, 1.165) is 46.1 Å². The molecule has 2 N–H and O–H groups in total. The first kappa shape index (κ1) is 40.1. The molecule has 4 fully saturated rings. The highest BCUT2D eigenvalue weighted by molar-refractivity contribution is 8.76. The number of hydrogen-bond acceptors (Lipinski definition) is 8. The maximum absolute atomic E-state index is 12.6. The summed E-state index contributed by atoms with van der Waals surface area (Å²) in [7, 11) is 3.35. The second-order valence-electron chi connectivity index (χ2n) is 16.8. The van der Waals surface area contributed by atoms with Crippen LogP contribution < -0.4 is 15.4 Å². The van der Waals surface area contributed by atoms with Crippen LogP contribution in [0.1, 0.15) is 104 Å². The van der Waals surface area contributed by atoms with Crippen molar-refractivity contribution in [1.29, 1.82) is 0 Å². The Morgan fingerprint density at radius 2 is 1.37 bits per heavy atom. The lowest BCUT2D eigenvalue weighted by molar-refractivity contribution is -0.148. The van der Waals surface area contributed by atoms with E-state index < -0.39 is 17.3 Å².